The molecule has 246 valence electrons. The molecule has 0 amide bonds. The third-order valence-electron chi connectivity index (χ3n) is 9.63. The van der Waals surface area contributed by atoms with Crippen molar-refractivity contribution < 1.29 is 16.8 Å². The predicted octanol–water partition coefficient (Wildman–Crippen LogP) is 3.21. The van der Waals surface area contributed by atoms with Gasteiger partial charge in [-0.05, 0) is 58.4 Å². The quantitative estimate of drug-likeness (QED) is 0.136. The molecule has 10 N–H and O–H groups in total. The Labute approximate surface area is 278 Å². The Hall–Kier alpha value is -5.02. The van der Waals surface area contributed by atoms with Crippen molar-refractivity contribution in [1.29, 1.82) is 10.8 Å². The minimum atomic E-state index is -4.33. The lowest BCUT2D eigenvalue weighted by Crippen LogP contribution is -2.49. The van der Waals surface area contributed by atoms with Gasteiger partial charge in [-0.25, -0.2) is 27.1 Å². The summed E-state index contributed by atoms with van der Waals surface area (Å²) in [6.45, 7) is 3.69. The van der Waals surface area contributed by atoms with Crippen molar-refractivity contribution in [3.05, 3.63) is 129 Å². The Morgan fingerprint density at radius 1 is 0.583 bits per heavy atom. The third kappa shape index (κ3) is 4.63. The largest absolute Gasteiger partial charge is 0.323 e. The molecule has 12 nitrogen and oxygen atoms in total. The average Bonchev–Trinajstić information content (AvgIpc) is 3.04. The highest BCUT2D eigenvalue weighted by molar-refractivity contribution is 7.90. The van der Waals surface area contributed by atoms with Crippen molar-refractivity contribution in [2.24, 2.45) is 32.2 Å². The van der Waals surface area contributed by atoms with Gasteiger partial charge in [0.2, 0.25) is 20.0 Å². The van der Waals surface area contributed by atoms with Crippen LogP contribution in [0.25, 0.3) is 11.1 Å². The Bertz CT molecular complexity index is 2190. The highest BCUT2D eigenvalue weighted by atomic mass is 32.2. The highest BCUT2D eigenvalue weighted by Gasteiger charge is 2.52. The monoisotopic (exact) mass is 682 g/mol. The summed E-state index contributed by atoms with van der Waals surface area (Å²) in [4.78, 5) is 0. The first-order valence-electron chi connectivity index (χ1n) is 14.8. The van der Waals surface area contributed by atoms with Crippen LogP contribution in [0.2, 0.25) is 0 Å². The van der Waals surface area contributed by atoms with Crippen molar-refractivity contribution in [2.45, 2.75) is 36.2 Å². The van der Waals surface area contributed by atoms with E-state index in [9.17, 15) is 16.8 Å². The van der Waals surface area contributed by atoms with Crippen LogP contribution >= 0.6 is 0 Å². The van der Waals surface area contributed by atoms with Gasteiger partial charge >= 0.3 is 0 Å². The molecule has 4 aromatic rings. The maximum absolute atomic E-state index is 13.5. The zero-order valence-corrected chi connectivity index (χ0v) is 27.8. The van der Waals surface area contributed by atoms with Crippen molar-refractivity contribution in [1.82, 2.24) is 0 Å². The van der Waals surface area contributed by atoms with E-state index in [-0.39, 0.29) is 35.7 Å². The van der Waals surface area contributed by atoms with Crippen molar-refractivity contribution in [2.75, 3.05) is 0 Å². The van der Waals surface area contributed by atoms with E-state index in [0.29, 0.717) is 33.4 Å². The number of fused-ring (bicyclic) bond motifs is 2. The lowest BCUT2D eigenvalue weighted by atomic mass is 9.75. The molecule has 0 heterocycles. The van der Waals surface area contributed by atoms with Gasteiger partial charge in [0.1, 0.15) is 9.49 Å². The van der Waals surface area contributed by atoms with Gasteiger partial charge in [0.25, 0.3) is 0 Å². The molecule has 0 fully saturated rings. The van der Waals surface area contributed by atoms with Gasteiger partial charge in [-0.1, -0.05) is 84.9 Å². The summed E-state index contributed by atoms with van der Waals surface area (Å²) in [5.74, 6) is 11.3. The van der Waals surface area contributed by atoms with Crippen LogP contribution in [-0.4, -0.2) is 39.7 Å². The molecule has 2 atom stereocenters. The molecule has 0 saturated carbocycles. The zero-order chi connectivity index (χ0) is 34.8. The van der Waals surface area contributed by atoms with Crippen LogP contribution in [0.15, 0.2) is 95.1 Å². The minimum absolute atomic E-state index is 0.0379. The normalized spacial score (nSPS) is 22.8. The average molecular weight is 683 g/mol. The first-order chi connectivity index (χ1) is 22.6. The zero-order valence-electron chi connectivity index (χ0n) is 26.2. The van der Waals surface area contributed by atoms with E-state index in [0.717, 1.165) is 22.3 Å². The van der Waals surface area contributed by atoms with Crippen LogP contribution in [0.1, 0.15) is 57.3 Å². The number of nitrogens with one attached hydrogen (secondary N) is 2. The number of hydrazone groups is 2. The number of sulfonamides is 2. The second kappa shape index (κ2) is 11.3. The van der Waals surface area contributed by atoms with Crippen LogP contribution in [0, 0.1) is 24.7 Å². The molecule has 0 spiro atoms. The van der Waals surface area contributed by atoms with Crippen LogP contribution in [0.4, 0.5) is 0 Å². The van der Waals surface area contributed by atoms with Gasteiger partial charge in [-0.15, -0.1) is 0 Å². The number of rotatable bonds is 5. The Kier molecular flexibility index (Phi) is 7.75. The van der Waals surface area contributed by atoms with Crippen LogP contribution < -0.4 is 22.0 Å². The van der Waals surface area contributed by atoms with Crippen LogP contribution in [-0.2, 0) is 29.5 Å². The van der Waals surface area contributed by atoms with Gasteiger partial charge in [-0.2, -0.15) is 10.2 Å². The molecule has 2 unspecified atom stereocenters. The van der Waals surface area contributed by atoms with E-state index in [1.54, 1.807) is 84.9 Å². The van der Waals surface area contributed by atoms with Gasteiger partial charge in [0, 0.05) is 24.0 Å². The molecule has 0 aromatic heterocycles. The van der Waals surface area contributed by atoms with Gasteiger partial charge in [0.05, 0.1) is 22.8 Å². The topological polar surface area (TPSA) is 245 Å². The molecule has 0 aliphatic heterocycles. The molecule has 0 radical (unpaired) electrons. The van der Waals surface area contributed by atoms with E-state index >= 15 is 0 Å². The lowest BCUT2D eigenvalue weighted by Gasteiger charge is -2.38. The maximum atomic E-state index is 13.5. The van der Waals surface area contributed by atoms with Crippen molar-refractivity contribution in [3.63, 3.8) is 0 Å². The summed E-state index contributed by atoms with van der Waals surface area (Å²) < 4.78 is 50.6. The summed E-state index contributed by atoms with van der Waals surface area (Å²) >= 11 is 0. The van der Waals surface area contributed by atoms with Crippen molar-refractivity contribution in [3.8, 4) is 11.1 Å². The first-order valence-corrected chi connectivity index (χ1v) is 17.9. The highest BCUT2D eigenvalue weighted by Crippen LogP contribution is 2.48. The number of primary sulfonamides is 2. The van der Waals surface area contributed by atoms with E-state index in [4.69, 9.17) is 32.8 Å². The molecular weight excluding hydrogens is 649 g/mol. The van der Waals surface area contributed by atoms with Crippen LogP contribution in [0.5, 0.6) is 0 Å². The fraction of sp³-hybridized carbons (Fsp3) is 0.176. The van der Waals surface area contributed by atoms with E-state index in [1.807, 2.05) is 13.8 Å². The van der Waals surface area contributed by atoms with E-state index in [2.05, 4.69) is 10.2 Å². The number of nitrogens with two attached hydrogens (primary N) is 4. The summed E-state index contributed by atoms with van der Waals surface area (Å²) in [5.41, 5.74) is 5.58. The Balaban J connectivity index is 1.51. The molecule has 0 saturated heterocycles. The SMILES string of the molecule is Cc1cc(C2(S(N)(=O)=O)CC(=NN)C(=N)c3ccccc32)ccc1-c1ccc(C2(S(N)(=O)=O)CC(=NN)C(=N)c3ccccc32)cc1C. The standard InChI is InChI=1S/C34H34N8O4S2/c1-19-15-21(33(47(39,43)44)17-29(41-37)31(35)25-7-3-5-9-27(25)33)11-13-23(19)24-14-12-22(16-20(24)2)34(48(40,45)46)18-30(42-38)32(36)26-8-4-6-10-28(26)34/h3-16,35-36H,17-18,37-38H2,1-2H3,(H2,39,43,44)(H2,40,45,46). The first kappa shape index (κ1) is 32.9. The molecule has 6 rings (SSSR count). The second-order valence-electron chi connectivity index (χ2n) is 12.1. The number of aryl methyl sites for hydroxylation is 2. The van der Waals surface area contributed by atoms with Crippen molar-refractivity contribution >= 4 is 42.9 Å². The molecule has 0 bridgehead atoms. The molecule has 2 aliphatic carbocycles. The summed E-state index contributed by atoms with van der Waals surface area (Å²) in [6, 6.07) is 23.9. The van der Waals surface area contributed by atoms with E-state index < -0.39 is 29.5 Å². The van der Waals surface area contributed by atoms with Gasteiger partial charge < -0.3 is 11.7 Å². The molecule has 4 aromatic carbocycles. The minimum Gasteiger partial charge on any atom is -0.323 e. The molecular formula is C34H34N8O4S2. The maximum Gasteiger partial charge on any atom is 0.223 e. The van der Waals surface area contributed by atoms with Gasteiger partial charge in [0.15, 0.2) is 0 Å². The summed E-state index contributed by atoms with van der Waals surface area (Å²) in [7, 11) is -8.66. The number of nitrogens with zero attached hydrogens (tertiary/aromatic N) is 2. The van der Waals surface area contributed by atoms with Crippen LogP contribution in [0.3, 0.4) is 0 Å². The Morgan fingerprint density at radius 2 is 0.938 bits per heavy atom. The van der Waals surface area contributed by atoms with Gasteiger partial charge in [-0.3, -0.25) is 10.8 Å². The molecule has 48 heavy (non-hydrogen) atoms. The fourth-order valence-corrected chi connectivity index (χ4v) is 9.82. The Morgan fingerprint density at radius 3 is 1.25 bits per heavy atom. The lowest BCUT2D eigenvalue weighted by molar-refractivity contribution is 0.556. The summed E-state index contributed by atoms with van der Waals surface area (Å²) in [5, 5.41) is 36.7. The number of hydrogen-bond acceptors (Lipinski definition) is 10. The number of benzene rings is 4. The fourth-order valence-electron chi connectivity index (χ4n) is 7.26. The van der Waals surface area contributed by atoms with E-state index in [1.165, 1.54) is 0 Å². The third-order valence-corrected chi connectivity index (χ3v) is 12.8. The number of hydrogen-bond donors (Lipinski definition) is 6. The predicted molar refractivity (Wildman–Crippen MR) is 188 cm³/mol. The smallest absolute Gasteiger partial charge is 0.223 e. The summed E-state index contributed by atoms with van der Waals surface area (Å²) in [6.07, 6.45) is -0.430. The second-order valence-corrected chi connectivity index (χ2v) is 15.7. The molecule has 14 heteroatoms. The molecule has 2 aliphatic rings.